The van der Waals surface area contributed by atoms with Crippen molar-refractivity contribution in [2.75, 3.05) is 7.05 Å². The summed E-state index contributed by atoms with van der Waals surface area (Å²) in [6.07, 6.45) is -8.20. The van der Waals surface area contributed by atoms with E-state index >= 15 is 0 Å². The van der Waals surface area contributed by atoms with E-state index in [1.54, 1.807) is 0 Å². The molecule has 30 heavy (non-hydrogen) atoms. The van der Waals surface area contributed by atoms with Gasteiger partial charge in [0, 0.05) is 19.4 Å². The number of imidazole rings is 1. The monoisotopic (exact) mass is 451 g/mol. The van der Waals surface area contributed by atoms with Gasteiger partial charge in [-0.2, -0.15) is 26.3 Å². The Bertz CT molecular complexity index is 1240. The lowest BCUT2D eigenvalue weighted by Gasteiger charge is -2.16. The highest BCUT2D eigenvalue weighted by Gasteiger charge is 2.34. The Morgan fingerprint density at radius 1 is 1.03 bits per heavy atom. The van der Waals surface area contributed by atoms with Crippen molar-refractivity contribution in [2.24, 2.45) is 7.05 Å². The molecular formula is C17H15F6N5OS. The quantitative estimate of drug-likeness (QED) is 0.487. The SMILES string of the molecule is CC=S(=O)(NC)c1cc(C(F)(F)F)cnc1-c1nc2cc(C(F)(F)F)cnc2n1C. The number of pyridine rings is 2. The summed E-state index contributed by atoms with van der Waals surface area (Å²) in [5.74, 6) is -0.0784. The lowest BCUT2D eigenvalue weighted by atomic mass is 10.2. The number of nitrogens with zero attached hydrogens (tertiary/aromatic N) is 4. The van der Waals surface area contributed by atoms with Crippen LogP contribution in [0, 0.1) is 0 Å². The highest BCUT2D eigenvalue weighted by atomic mass is 32.2. The Morgan fingerprint density at radius 2 is 1.60 bits per heavy atom. The van der Waals surface area contributed by atoms with Gasteiger partial charge < -0.3 is 4.57 Å². The number of alkyl halides is 6. The van der Waals surface area contributed by atoms with Gasteiger partial charge in [0.05, 0.1) is 25.7 Å². The lowest BCUT2D eigenvalue weighted by molar-refractivity contribution is -0.138. The highest BCUT2D eigenvalue weighted by Crippen LogP contribution is 2.35. The molecule has 0 bridgehead atoms. The fraction of sp³-hybridized carbons (Fsp3) is 0.294. The maximum atomic E-state index is 13.2. The minimum absolute atomic E-state index is 0.0575. The van der Waals surface area contributed by atoms with Gasteiger partial charge in [-0.15, -0.1) is 0 Å². The molecule has 0 radical (unpaired) electrons. The third kappa shape index (κ3) is 3.74. The van der Waals surface area contributed by atoms with E-state index in [4.69, 9.17) is 0 Å². The van der Waals surface area contributed by atoms with Crippen LogP contribution in [0.1, 0.15) is 18.1 Å². The van der Waals surface area contributed by atoms with E-state index in [-0.39, 0.29) is 27.6 Å². The highest BCUT2D eigenvalue weighted by molar-refractivity contribution is 7.99. The van der Waals surface area contributed by atoms with Crippen LogP contribution in [0.25, 0.3) is 22.7 Å². The van der Waals surface area contributed by atoms with Gasteiger partial charge >= 0.3 is 12.4 Å². The summed E-state index contributed by atoms with van der Waals surface area (Å²) in [5.41, 5.74) is -2.40. The average Bonchev–Trinajstić information content (AvgIpc) is 3.01. The summed E-state index contributed by atoms with van der Waals surface area (Å²) in [4.78, 5) is 11.4. The summed E-state index contributed by atoms with van der Waals surface area (Å²) in [6, 6.07) is 1.46. The van der Waals surface area contributed by atoms with E-state index in [1.807, 2.05) is 0 Å². The van der Waals surface area contributed by atoms with Gasteiger partial charge in [-0.1, -0.05) is 0 Å². The van der Waals surface area contributed by atoms with Crippen molar-refractivity contribution in [1.82, 2.24) is 24.2 Å². The number of halogens is 6. The molecule has 13 heteroatoms. The normalized spacial score (nSPS) is 14.7. The molecule has 0 amide bonds. The molecule has 0 aromatic carbocycles. The van der Waals surface area contributed by atoms with E-state index in [0.717, 1.165) is 6.07 Å². The predicted molar refractivity (Wildman–Crippen MR) is 99.0 cm³/mol. The van der Waals surface area contributed by atoms with Gasteiger partial charge in [0.1, 0.15) is 11.2 Å². The van der Waals surface area contributed by atoms with E-state index in [0.29, 0.717) is 18.5 Å². The van der Waals surface area contributed by atoms with Gasteiger partial charge in [0.2, 0.25) is 0 Å². The number of hydrogen-bond donors (Lipinski definition) is 1. The van der Waals surface area contributed by atoms with E-state index < -0.39 is 33.2 Å². The molecule has 3 heterocycles. The zero-order chi connectivity index (χ0) is 22.5. The van der Waals surface area contributed by atoms with Gasteiger partial charge in [-0.25, -0.2) is 18.9 Å². The van der Waals surface area contributed by atoms with Crippen molar-refractivity contribution < 1.29 is 30.6 Å². The zero-order valence-corrected chi connectivity index (χ0v) is 16.6. The molecule has 1 N–H and O–H groups in total. The third-order valence-corrected chi connectivity index (χ3v) is 6.63. The lowest BCUT2D eigenvalue weighted by Crippen LogP contribution is -2.23. The number of fused-ring (bicyclic) bond motifs is 1. The first-order chi connectivity index (χ1) is 13.8. The van der Waals surface area contributed by atoms with Crippen LogP contribution in [0.2, 0.25) is 0 Å². The number of hydrogen-bond acceptors (Lipinski definition) is 4. The van der Waals surface area contributed by atoms with Crippen LogP contribution < -0.4 is 4.72 Å². The Balaban J connectivity index is 2.33. The molecular weight excluding hydrogens is 436 g/mol. The topological polar surface area (TPSA) is 72.7 Å². The molecule has 0 saturated heterocycles. The minimum atomic E-state index is -4.74. The van der Waals surface area contributed by atoms with Crippen molar-refractivity contribution in [3.8, 4) is 11.5 Å². The maximum Gasteiger partial charge on any atom is 0.417 e. The molecule has 1 atom stereocenters. The number of aromatic nitrogens is 4. The molecule has 162 valence electrons. The number of aryl methyl sites for hydroxylation is 1. The second kappa shape index (κ2) is 7.23. The van der Waals surface area contributed by atoms with Crippen molar-refractivity contribution in [2.45, 2.75) is 24.2 Å². The summed E-state index contributed by atoms with van der Waals surface area (Å²) in [5, 5.41) is 1.19. The van der Waals surface area contributed by atoms with Crippen LogP contribution >= 0.6 is 0 Å². The molecule has 3 aromatic rings. The minimum Gasteiger partial charge on any atom is -0.310 e. The van der Waals surface area contributed by atoms with Crippen LogP contribution in [0.15, 0.2) is 29.4 Å². The smallest absolute Gasteiger partial charge is 0.310 e. The van der Waals surface area contributed by atoms with Crippen molar-refractivity contribution in [3.63, 3.8) is 0 Å². The predicted octanol–water partition coefficient (Wildman–Crippen LogP) is 3.67. The molecule has 0 spiro atoms. The first-order valence-corrected chi connectivity index (χ1v) is 9.93. The fourth-order valence-corrected chi connectivity index (χ4v) is 4.24. The summed E-state index contributed by atoms with van der Waals surface area (Å²) in [7, 11) is -0.556. The number of nitrogens with one attached hydrogen (secondary N) is 1. The van der Waals surface area contributed by atoms with Crippen LogP contribution in [-0.2, 0) is 29.1 Å². The van der Waals surface area contributed by atoms with Crippen LogP contribution in [0.5, 0.6) is 0 Å². The zero-order valence-electron chi connectivity index (χ0n) is 15.8. The largest absolute Gasteiger partial charge is 0.417 e. The molecule has 3 aromatic heterocycles. The van der Waals surface area contributed by atoms with Gasteiger partial charge in [-0.3, -0.25) is 4.98 Å². The first-order valence-electron chi connectivity index (χ1n) is 8.31. The molecule has 6 nitrogen and oxygen atoms in total. The van der Waals surface area contributed by atoms with Crippen molar-refractivity contribution in [3.05, 3.63) is 35.7 Å². The summed E-state index contributed by atoms with van der Waals surface area (Å²) < 4.78 is 95.4. The molecule has 3 rings (SSSR count). The first kappa shape index (κ1) is 22.0. The molecule has 0 aliphatic rings. The molecule has 0 fully saturated rings. The average molecular weight is 451 g/mol. The Hall–Kier alpha value is -2.67. The van der Waals surface area contributed by atoms with Gasteiger partial charge in [-0.05, 0) is 31.5 Å². The molecule has 0 aliphatic carbocycles. The van der Waals surface area contributed by atoms with E-state index in [9.17, 15) is 30.6 Å². The molecule has 1 unspecified atom stereocenters. The second-order valence-corrected chi connectivity index (χ2v) is 8.69. The van der Waals surface area contributed by atoms with Gasteiger partial charge in [0.25, 0.3) is 0 Å². The van der Waals surface area contributed by atoms with E-state index in [2.05, 4.69) is 19.7 Å². The molecule has 0 saturated carbocycles. The second-order valence-electron chi connectivity index (χ2n) is 6.17. The Kier molecular flexibility index (Phi) is 5.31. The van der Waals surface area contributed by atoms with Crippen molar-refractivity contribution in [1.29, 1.82) is 0 Å². The summed E-state index contributed by atoms with van der Waals surface area (Å²) >= 11 is 0. The summed E-state index contributed by atoms with van der Waals surface area (Å²) in [6.45, 7) is 1.40. The van der Waals surface area contributed by atoms with Crippen LogP contribution in [0.4, 0.5) is 26.3 Å². The maximum absolute atomic E-state index is 13.2. The van der Waals surface area contributed by atoms with Crippen LogP contribution in [-0.4, -0.2) is 36.1 Å². The Morgan fingerprint density at radius 3 is 2.13 bits per heavy atom. The van der Waals surface area contributed by atoms with E-state index in [1.165, 1.54) is 31.0 Å². The van der Waals surface area contributed by atoms with Crippen molar-refractivity contribution >= 4 is 26.2 Å². The third-order valence-electron chi connectivity index (χ3n) is 4.39. The van der Waals surface area contributed by atoms with Gasteiger partial charge in [0.15, 0.2) is 11.5 Å². The van der Waals surface area contributed by atoms with Crippen LogP contribution in [0.3, 0.4) is 0 Å². The number of rotatable bonds is 3. The standard InChI is InChI=1S/C17H15F6N5OS/c1-4-30(29,24-2)12-6-10(17(21,22)23)7-25-13(12)15-27-11-5-9(16(18,19)20)8-26-14(11)28(15)3/h4-8H,1-3H3,(H,24,29). The Labute approximate surface area is 167 Å². The molecule has 0 aliphatic heterocycles. The fourth-order valence-electron chi connectivity index (χ4n) is 2.80.